The average molecular weight is 344 g/mol. The monoisotopic (exact) mass is 344 g/mol. The first kappa shape index (κ1) is 16.3. The van der Waals surface area contributed by atoms with Crippen molar-refractivity contribution in [3.8, 4) is 0 Å². The second-order valence-electron chi connectivity index (χ2n) is 6.36. The van der Waals surface area contributed by atoms with Gasteiger partial charge in [0, 0.05) is 28.6 Å². The Morgan fingerprint density at radius 2 is 1.88 bits per heavy atom. The van der Waals surface area contributed by atoms with Crippen molar-refractivity contribution in [2.45, 2.75) is 26.3 Å². The van der Waals surface area contributed by atoms with E-state index in [0.29, 0.717) is 6.54 Å². The number of nitrogens with zero attached hydrogens (tertiary/aromatic N) is 3. The molecule has 5 heteroatoms. The lowest BCUT2D eigenvalue weighted by Gasteiger charge is -2.15. The molecule has 0 aliphatic rings. The van der Waals surface area contributed by atoms with Crippen molar-refractivity contribution < 1.29 is 4.42 Å². The minimum absolute atomic E-state index is 0.133. The summed E-state index contributed by atoms with van der Waals surface area (Å²) in [6, 6.07) is 16.2. The largest absolute Gasteiger partial charge is 0.467 e. The Morgan fingerprint density at radius 3 is 2.65 bits per heavy atom. The summed E-state index contributed by atoms with van der Waals surface area (Å²) in [6.07, 6.45) is 3.51. The predicted octanol–water partition coefficient (Wildman–Crippen LogP) is 4.69. The highest BCUT2D eigenvalue weighted by molar-refractivity contribution is 5.93. The summed E-state index contributed by atoms with van der Waals surface area (Å²) in [6.45, 7) is 4.73. The first-order valence-electron chi connectivity index (χ1n) is 8.66. The van der Waals surface area contributed by atoms with E-state index in [2.05, 4.69) is 45.6 Å². The molecular weight excluding hydrogens is 324 g/mol. The Labute approximate surface area is 152 Å². The van der Waals surface area contributed by atoms with E-state index in [1.54, 1.807) is 6.26 Å². The van der Waals surface area contributed by atoms with E-state index in [0.717, 1.165) is 33.7 Å². The number of aryl methyl sites for hydroxylation is 1. The van der Waals surface area contributed by atoms with Crippen LogP contribution in [0.4, 0.5) is 5.82 Å². The van der Waals surface area contributed by atoms with Crippen LogP contribution in [0.3, 0.4) is 0 Å². The molecule has 4 aromatic rings. The molecule has 130 valence electrons. The molecule has 26 heavy (non-hydrogen) atoms. The third-order valence-corrected chi connectivity index (χ3v) is 4.56. The second kappa shape index (κ2) is 6.96. The van der Waals surface area contributed by atoms with Crippen LogP contribution in [0.5, 0.6) is 0 Å². The fourth-order valence-electron chi connectivity index (χ4n) is 3.15. The number of nitrogens with one attached hydrogen (secondary N) is 1. The van der Waals surface area contributed by atoms with Crippen LogP contribution in [0.25, 0.3) is 10.8 Å². The molecule has 0 saturated carbocycles. The maximum Gasteiger partial charge on any atom is 0.156 e. The molecule has 0 aliphatic heterocycles. The lowest BCUT2D eigenvalue weighted by Crippen LogP contribution is -2.07. The molecule has 0 aliphatic carbocycles. The van der Waals surface area contributed by atoms with Gasteiger partial charge in [-0.05, 0) is 36.8 Å². The Balaban J connectivity index is 1.72. The van der Waals surface area contributed by atoms with E-state index < -0.39 is 0 Å². The van der Waals surface area contributed by atoms with Crippen LogP contribution in [-0.2, 0) is 6.54 Å². The third-order valence-electron chi connectivity index (χ3n) is 4.56. The number of hydrogen-bond donors (Lipinski definition) is 1. The number of benzene rings is 1. The van der Waals surface area contributed by atoms with Gasteiger partial charge in [-0.3, -0.25) is 4.98 Å². The smallest absolute Gasteiger partial charge is 0.156 e. The molecule has 0 fully saturated rings. The molecule has 3 aromatic heterocycles. The van der Waals surface area contributed by atoms with E-state index >= 15 is 0 Å². The highest BCUT2D eigenvalue weighted by atomic mass is 16.3. The van der Waals surface area contributed by atoms with Gasteiger partial charge in [0.05, 0.1) is 18.5 Å². The van der Waals surface area contributed by atoms with Crippen molar-refractivity contribution in [3.63, 3.8) is 0 Å². The van der Waals surface area contributed by atoms with Gasteiger partial charge in [0.2, 0.25) is 0 Å². The van der Waals surface area contributed by atoms with Gasteiger partial charge in [-0.2, -0.15) is 5.10 Å². The molecule has 0 spiro atoms. The zero-order valence-corrected chi connectivity index (χ0v) is 14.8. The molecule has 1 unspecified atom stereocenters. The molecule has 0 radical (unpaired) electrons. The lowest BCUT2D eigenvalue weighted by molar-refractivity contribution is 0.518. The van der Waals surface area contributed by atoms with Crippen molar-refractivity contribution in [2.24, 2.45) is 0 Å². The van der Waals surface area contributed by atoms with Crippen LogP contribution < -0.4 is 5.32 Å². The van der Waals surface area contributed by atoms with Crippen molar-refractivity contribution in [2.75, 3.05) is 5.32 Å². The first-order chi connectivity index (χ1) is 12.7. The highest BCUT2D eigenvalue weighted by Crippen LogP contribution is 2.31. The third kappa shape index (κ3) is 3.16. The minimum atomic E-state index is 0.133. The number of pyridine rings is 1. The van der Waals surface area contributed by atoms with E-state index in [4.69, 9.17) is 4.42 Å². The van der Waals surface area contributed by atoms with Crippen LogP contribution in [0.1, 0.15) is 35.6 Å². The van der Waals surface area contributed by atoms with Crippen molar-refractivity contribution in [1.82, 2.24) is 15.2 Å². The zero-order chi connectivity index (χ0) is 17.9. The van der Waals surface area contributed by atoms with Crippen molar-refractivity contribution >= 4 is 16.6 Å². The molecule has 1 atom stereocenters. The number of fused-ring (bicyclic) bond motifs is 1. The highest BCUT2D eigenvalue weighted by Gasteiger charge is 2.16. The quantitative estimate of drug-likeness (QED) is 0.569. The van der Waals surface area contributed by atoms with E-state index in [-0.39, 0.29) is 5.92 Å². The van der Waals surface area contributed by atoms with Gasteiger partial charge in [0.1, 0.15) is 5.76 Å². The number of rotatable bonds is 5. The van der Waals surface area contributed by atoms with Gasteiger partial charge in [-0.15, -0.1) is 5.10 Å². The summed E-state index contributed by atoms with van der Waals surface area (Å²) in [5.74, 6) is 1.76. The number of furan rings is 1. The molecule has 5 nitrogen and oxygen atoms in total. The maximum atomic E-state index is 5.38. The summed E-state index contributed by atoms with van der Waals surface area (Å²) in [4.78, 5) is 4.29. The van der Waals surface area contributed by atoms with Gasteiger partial charge in [-0.25, -0.2) is 0 Å². The summed E-state index contributed by atoms with van der Waals surface area (Å²) in [5, 5.41) is 14.5. The second-order valence-corrected chi connectivity index (χ2v) is 6.36. The molecule has 1 N–H and O–H groups in total. The average Bonchev–Trinajstić information content (AvgIpc) is 3.19. The fourth-order valence-corrected chi connectivity index (χ4v) is 3.15. The summed E-state index contributed by atoms with van der Waals surface area (Å²) in [7, 11) is 0. The molecular formula is C21H20N4O. The summed E-state index contributed by atoms with van der Waals surface area (Å²) < 4.78 is 5.38. The Bertz CT molecular complexity index is 1030. The fraction of sp³-hybridized carbons (Fsp3) is 0.190. The number of aromatic nitrogens is 3. The molecule has 0 amide bonds. The van der Waals surface area contributed by atoms with Gasteiger partial charge in [-0.1, -0.05) is 31.2 Å². The van der Waals surface area contributed by atoms with E-state index in [9.17, 15) is 0 Å². The normalized spacial score (nSPS) is 12.2. The van der Waals surface area contributed by atoms with Crippen LogP contribution in [0.2, 0.25) is 0 Å². The number of hydrogen-bond acceptors (Lipinski definition) is 5. The molecule has 1 aromatic carbocycles. The number of anilines is 1. The van der Waals surface area contributed by atoms with Gasteiger partial charge in [0.25, 0.3) is 0 Å². The topological polar surface area (TPSA) is 63.8 Å². The summed E-state index contributed by atoms with van der Waals surface area (Å²) >= 11 is 0. The maximum absolute atomic E-state index is 5.38. The molecule has 0 saturated heterocycles. The van der Waals surface area contributed by atoms with Crippen LogP contribution in [-0.4, -0.2) is 15.2 Å². The van der Waals surface area contributed by atoms with Crippen LogP contribution >= 0.6 is 0 Å². The van der Waals surface area contributed by atoms with Gasteiger partial charge in [0.15, 0.2) is 5.82 Å². The predicted molar refractivity (Wildman–Crippen MR) is 102 cm³/mol. The summed E-state index contributed by atoms with van der Waals surface area (Å²) in [5.41, 5.74) is 3.16. The Morgan fingerprint density at radius 1 is 1.04 bits per heavy atom. The van der Waals surface area contributed by atoms with Gasteiger partial charge < -0.3 is 9.73 Å². The van der Waals surface area contributed by atoms with Crippen LogP contribution in [0, 0.1) is 6.92 Å². The molecule has 4 rings (SSSR count). The minimum Gasteiger partial charge on any atom is -0.467 e. The standard InChI is InChI=1S/C21H20N4O/c1-14-12-16(9-10-22-14)15(2)20-18-7-3-4-8-19(18)21(25-24-20)23-13-17-6-5-11-26-17/h3-12,15H,13H2,1-2H3,(H,23,25). The van der Waals surface area contributed by atoms with E-state index in [1.165, 1.54) is 5.56 Å². The van der Waals surface area contributed by atoms with E-state index in [1.807, 2.05) is 43.5 Å². The lowest BCUT2D eigenvalue weighted by atomic mass is 9.94. The van der Waals surface area contributed by atoms with Crippen molar-refractivity contribution in [1.29, 1.82) is 0 Å². The Hall–Kier alpha value is -3.21. The van der Waals surface area contributed by atoms with Crippen molar-refractivity contribution in [3.05, 3.63) is 83.7 Å². The van der Waals surface area contributed by atoms with Crippen LogP contribution in [0.15, 0.2) is 65.4 Å². The Kier molecular flexibility index (Phi) is 4.35. The van der Waals surface area contributed by atoms with Gasteiger partial charge >= 0.3 is 0 Å². The molecule has 0 bridgehead atoms. The molecule has 3 heterocycles. The first-order valence-corrected chi connectivity index (χ1v) is 8.66. The zero-order valence-electron chi connectivity index (χ0n) is 14.8. The SMILES string of the molecule is Cc1cc(C(C)c2nnc(NCc3ccco3)c3ccccc23)ccn1.